The van der Waals surface area contributed by atoms with E-state index in [9.17, 15) is 0 Å². The normalized spacial score (nSPS) is 22.6. The molecule has 1 fully saturated rings. The van der Waals surface area contributed by atoms with Gasteiger partial charge in [-0.2, -0.15) is 0 Å². The molecule has 0 saturated carbocycles. The molecule has 0 aliphatic carbocycles. The highest BCUT2D eigenvalue weighted by Crippen LogP contribution is 2.30. The molecule has 0 bridgehead atoms. The second kappa shape index (κ2) is 6.25. The number of hydrogen-bond donors (Lipinski definition) is 1. The number of hydrogen-bond acceptors (Lipinski definition) is 3. The molecule has 0 amide bonds. The van der Waals surface area contributed by atoms with Crippen molar-refractivity contribution < 1.29 is 0 Å². The molecule has 1 aliphatic rings. The first-order chi connectivity index (χ1) is 9.02. The minimum atomic E-state index is 0.386. The third kappa shape index (κ3) is 3.30. The maximum atomic E-state index is 3.73. The van der Waals surface area contributed by atoms with Gasteiger partial charge >= 0.3 is 0 Å². The number of anilines is 1. The Bertz CT molecular complexity index is 435. The molecule has 1 aromatic carbocycles. The predicted molar refractivity (Wildman–Crippen MR) is 85.9 cm³/mol. The smallest absolute Gasteiger partial charge is 0.0511 e. The lowest BCUT2D eigenvalue weighted by Crippen LogP contribution is -2.50. The summed E-state index contributed by atoms with van der Waals surface area (Å²) in [4.78, 5) is 4.89. The van der Waals surface area contributed by atoms with E-state index in [0.29, 0.717) is 12.1 Å². The van der Waals surface area contributed by atoms with Crippen LogP contribution in [0.4, 0.5) is 5.69 Å². The number of piperazine rings is 1. The molecule has 0 spiro atoms. The Labute approximate surface area is 125 Å². The molecule has 106 valence electrons. The third-order valence-corrected chi connectivity index (χ3v) is 4.84. The third-order valence-electron chi connectivity index (χ3n) is 4.21. The maximum absolute atomic E-state index is 3.73. The summed E-state index contributed by atoms with van der Waals surface area (Å²) in [6.45, 7) is 7.79. The summed E-state index contributed by atoms with van der Waals surface area (Å²) in [5, 5.41) is 3.28. The zero-order valence-electron chi connectivity index (χ0n) is 12.3. The topological polar surface area (TPSA) is 18.5 Å². The number of rotatable bonds is 3. The standard InChI is InChI=1S/C15H24BrN3/c1-11-10-19(8-7-18(11)4)15-6-5-13(9-14(15)16)12(2)17-3/h5-6,9,11-12,17H,7-8,10H2,1-4H3. The van der Waals surface area contributed by atoms with Gasteiger partial charge in [0.15, 0.2) is 0 Å². The van der Waals surface area contributed by atoms with E-state index in [0.717, 1.165) is 19.6 Å². The van der Waals surface area contributed by atoms with E-state index in [1.807, 2.05) is 7.05 Å². The quantitative estimate of drug-likeness (QED) is 0.921. The fourth-order valence-electron chi connectivity index (χ4n) is 2.48. The molecule has 3 nitrogen and oxygen atoms in total. The highest BCUT2D eigenvalue weighted by atomic mass is 79.9. The molecular formula is C15H24BrN3. The molecule has 1 aromatic rings. The summed E-state index contributed by atoms with van der Waals surface area (Å²) >= 11 is 3.73. The van der Waals surface area contributed by atoms with Gasteiger partial charge in [0, 0.05) is 36.2 Å². The Morgan fingerprint density at radius 3 is 2.68 bits per heavy atom. The van der Waals surface area contributed by atoms with Crippen LogP contribution in [0.25, 0.3) is 0 Å². The average Bonchev–Trinajstić information content (AvgIpc) is 2.41. The van der Waals surface area contributed by atoms with Crippen LogP contribution in [0.1, 0.15) is 25.5 Å². The highest BCUT2D eigenvalue weighted by molar-refractivity contribution is 9.10. The van der Waals surface area contributed by atoms with Gasteiger partial charge in [0.05, 0.1) is 5.69 Å². The van der Waals surface area contributed by atoms with Crippen LogP contribution in [0.3, 0.4) is 0 Å². The van der Waals surface area contributed by atoms with Gasteiger partial charge < -0.3 is 15.1 Å². The molecule has 19 heavy (non-hydrogen) atoms. The Morgan fingerprint density at radius 2 is 2.11 bits per heavy atom. The summed E-state index contributed by atoms with van der Waals surface area (Å²) in [7, 11) is 4.20. The van der Waals surface area contributed by atoms with E-state index in [4.69, 9.17) is 0 Å². The summed E-state index contributed by atoms with van der Waals surface area (Å²) < 4.78 is 1.20. The van der Waals surface area contributed by atoms with E-state index in [2.05, 4.69) is 70.1 Å². The molecule has 2 rings (SSSR count). The highest BCUT2D eigenvalue weighted by Gasteiger charge is 2.22. The Morgan fingerprint density at radius 1 is 1.37 bits per heavy atom. The molecule has 2 unspecified atom stereocenters. The Hall–Kier alpha value is -0.580. The van der Waals surface area contributed by atoms with Gasteiger partial charge in [0.1, 0.15) is 0 Å². The van der Waals surface area contributed by atoms with Gasteiger partial charge in [-0.15, -0.1) is 0 Å². The minimum absolute atomic E-state index is 0.386. The number of nitrogens with one attached hydrogen (secondary N) is 1. The van der Waals surface area contributed by atoms with Crippen molar-refractivity contribution in [2.75, 3.05) is 38.6 Å². The number of likely N-dealkylation sites (N-methyl/N-ethyl adjacent to an activating group) is 1. The lowest BCUT2D eigenvalue weighted by molar-refractivity contribution is 0.234. The van der Waals surface area contributed by atoms with Crippen LogP contribution in [0.15, 0.2) is 22.7 Å². The molecule has 2 atom stereocenters. The van der Waals surface area contributed by atoms with Crippen LogP contribution in [-0.2, 0) is 0 Å². The van der Waals surface area contributed by atoms with E-state index in [1.165, 1.54) is 15.7 Å². The van der Waals surface area contributed by atoms with Gasteiger partial charge in [-0.3, -0.25) is 0 Å². The first kappa shape index (κ1) is 14.8. The van der Waals surface area contributed by atoms with Crippen LogP contribution in [0.5, 0.6) is 0 Å². The second-order valence-corrected chi connectivity index (χ2v) is 6.35. The van der Waals surface area contributed by atoms with Crippen LogP contribution in [-0.4, -0.2) is 44.7 Å². The molecule has 4 heteroatoms. The lowest BCUT2D eigenvalue weighted by Gasteiger charge is -2.39. The van der Waals surface area contributed by atoms with Gasteiger partial charge in [0.25, 0.3) is 0 Å². The van der Waals surface area contributed by atoms with E-state index in [-0.39, 0.29) is 0 Å². The fraction of sp³-hybridized carbons (Fsp3) is 0.600. The van der Waals surface area contributed by atoms with Crippen molar-refractivity contribution in [3.63, 3.8) is 0 Å². The van der Waals surface area contributed by atoms with Crippen molar-refractivity contribution in [1.29, 1.82) is 0 Å². The van der Waals surface area contributed by atoms with Crippen molar-refractivity contribution >= 4 is 21.6 Å². The van der Waals surface area contributed by atoms with Crippen molar-refractivity contribution in [3.05, 3.63) is 28.2 Å². The molecule has 0 aromatic heterocycles. The molecule has 1 heterocycles. The van der Waals surface area contributed by atoms with Gasteiger partial charge in [-0.05, 0) is 61.6 Å². The number of nitrogens with zero attached hydrogens (tertiary/aromatic N) is 2. The monoisotopic (exact) mass is 325 g/mol. The molecule has 1 aliphatic heterocycles. The summed E-state index contributed by atoms with van der Waals surface area (Å²) in [5.74, 6) is 0. The summed E-state index contributed by atoms with van der Waals surface area (Å²) in [6.07, 6.45) is 0. The van der Waals surface area contributed by atoms with Crippen LogP contribution >= 0.6 is 15.9 Å². The molecule has 0 radical (unpaired) electrons. The van der Waals surface area contributed by atoms with Crippen molar-refractivity contribution in [2.24, 2.45) is 0 Å². The predicted octanol–water partition coefficient (Wildman–Crippen LogP) is 2.87. The van der Waals surface area contributed by atoms with Crippen molar-refractivity contribution in [1.82, 2.24) is 10.2 Å². The lowest BCUT2D eigenvalue weighted by atomic mass is 10.1. The molecule has 1 saturated heterocycles. The average molecular weight is 326 g/mol. The number of halogens is 1. The van der Waals surface area contributed by atoms with Crippen LogP contribution in [0.2, 0.25) is 0 Å². The minimum Gasteiger partial charge on any atom is -0.368 e. The van der Waals surface area contributed by atoms with Crippen LogP contribution < -0.4 is 10.2 Å². The summed E-state index contributed by atoms with van der Waals surface area (Å²) in [6, 6.07) is 7.70. The fourth-order valence-corrected chi connectivity index (χ4v) is 3.13. The first-order valence-corrected chi connectivity index (χ1v) is 7.74. The zero-order chi connectivity index (χ0) is 14.0. The van der Waals surface area contributed by atoms with Crippen molar-refractivity contribution in [2.45, 2.75) is 25.9 Å². The Balaban J connectivity index is 2.17. The Kier molecular flexibility index (Phi) is 4.87. The SMILES string of the molecule is CNC(C)c1ccc(N2CCN(C)C(C)C2)c(Br)c1. The molecule has 1 N–H and O–H groups in total. The van der Waals surface area contributed by atoms with Gasteiger partial charge in [0.2, 0.25) is 0 Å². The van der Waals surface area contributed by atoms with Gasteiger partial charge in [-0.1, -0.05) is 6.07 Å². The zero-order valence-corrected chi connectivity index (χ0v) is 13.9. The van der Waals surface area contributed by atoms with E-state index < -0.39 is 0 Å². The largest absolute Gasteiger partial charge is 0.368 e. The van der Waals surface area contributed by atoms with E-state index in [1.54, 1.807) is 0 Å². The number of benzene rings is 1. The summed E-state index contributed by atoms with van der Waals surface area (Å²) in [5.41, 5.74) is 2.63. The second-order valence-electron chi connectivity index (χ2n) is 5.50. The molecular weight excluding hydrogens is 302 g/mol. The maximum Gasteiger partial charge on any atom is 0.0511 e. The van der Waals surface area contributed by atoms with Crippen molar-refractivity contribution in [3.8, 4) is 0 Å². The van der Waals surface area contributed by atoms with Gasteiger partial charge in [-0.25, -0.2) is 0 Å². The first-order valence-electron chi connectivity index (χ1n) is 6.95. The van der Waals surface area contributed by atoms with Crippen LogP contribution in [0, 0.1) is 0 Å². The van der Waals surface area contributed by atoms with E-state index >= 15 is 0 Å².